The zero-order valence-electron chi connectivity index (χ0n) is 9.52. The van der Waals surface area contributed by atoms with Gasteiger partial charge in [0.2, 0.25) is 0 Å². The van der Waals surface area contributed by atoms with E-state index in [0.717, 1.165) is 6.42 Å². The third-order valence-corrected chi connectivity index (χ3v) is 5.06. The van der Waals surface area contributed by atoms with Gasteiger partial charge >= 0.3 is 10.3 Å². The predicted octanol–water partition coefficient (Wildman–Crippen LogP) is 0.602. The van der Waals surface area contributed by atoms with Crippen molar-refractivity contribution in [1.82, 2.24) is 0 Å². The van der Waals surface area contributed by atoms with E-state index in [1.165, 1.54) is 0 Å². The Morgan fingerprint density at radius 3 is 2.50 bits per heavy atom. The molecule has 5 nitrogen and oxygen atoms in total. The van der Waals surface area contributed by atoms with E-state index in [-0.39, 0.29) is 17.8 Å². The van der Waals surface area contributed by atoms with Gasteiger partial charge in [-0.3, -0.25) is 8.98 Å². The SMILES string of the molecule is CC1(C)C2CCC1(COS(N)(=O)=O)C(=O)C2. The average molecular weight is 247 g/mol. The van der Waals surface area contributed by atoms with E-state index in [4.69, 9.17) is 5.14 Å². The van der Waals surface area contributed by atoms with Gasteiger partial charge in [0.1, 0.15) is 5.78 Å². The average Bonchev–Trinajstić information content (AvgIpc) is 2.46. The Bertz CT molecular complexity index is 428. The van der Waals surface area contributed by atoms with Gasteiger partial charge in [0.15, 0.2) is 0 Å². The van der Waals surface area contributed by atoms with Gasteiger partial charge in [0.05, 0.1) is 12.0 Å². The smallest absolute Gasteiger partial charge is 0.299 e. The quantitative estimate of drug-likeness (QED) is 0.791. The Balaban J connectivity index is 2.26. The Labute approximate surface area is 95.6 Å². The second kappa shape index (κ2) is 3.27. The van der Waals surface area contributed by atoms with Crippen molar-refractivity contribution in [3.05, 3.63) is 0 Å². The van der Waals surface area contributed by atoms with Crippen LogP contribution >= 0.6 is 0 Å². The fraction of sp³-hybridized carbons (Fsp3) is 0.900. The lowest BCUT2D eigenvalue weighted by molar-refractivity contribution is -0.131. The number of rotatable bonds is 3. The van der Waals surface area contributed by atoms with E-state index in [2.05, 4.69) is 4.18 Å². The normalized spacial score (nSPS) is 36.9. The summed E-state index contributed by atoms with van der Waals surface area (Å²) in [4.78, 5) is 12.0. The van der Waals surface area contributed by atoms with Crippen molar-refractivity contribution in [3.8, 4) is 0 Å². The first-order valence-electron chi connectivity index (χ1n) is 5.39. The summed E-state index contributed by atoms with van der Waals surface area (Å²) >= 11 is 0. The number of fused-ring (bicyclic) bond motifs is 2. The van der Waals surface area contributed by atoms with Crippen LogP contribution in [0, 0.1) is 16.7 Å². The largest absolute Gasteiger partial charge is 0.333 e. The Morgan fingerprint density at radius 2 is 2.12 bits per heavy atom. The molecule has 2 unspecified atom stereocenters. The minimum absolute atomic E-state index is 0.103. The lowest BCUT2D eigenvalue weighted by atomic mass is 9.69. The number of ketones is 1. The lowest BCUT2D eigenvalue weighted by Gasteiger charge is -2.35. The molecule has 0 spiro atoms. The molecular weight excluding hydrogens is 230 g/mol. The van der Waals surface area contributed by atoms with Crippen LogP contribution in [0.5, 0.6) is 0 Å². The molecule has 2 bridgehead atoms. The summed E-state index contributed by atoms with van der Waals surface area (Å²) in [5.41, 5.74) is -0.834. The highest BCUT2D eigenvalue weighted by atomic mass is 32.2. The molecule has 0 saturated heterocycles. The first-order valence-corrected chi connectivity index (χ1v) is 6.87. The Kier molecular flexibility index (Phi) is 2.46. The lowest BCUT2D eigenvalue weighted by Crippen LogP contribution is -2.41. The second-order valence-electron chi connectivity index (χ2n) is 5.42. The van der Waals surface area contributed by atoms with Crippen LogP contribution in [0.25, 0.3) is 0 Å². The van der Waals surface area contributed by atoms with E-state index in [0.29, 0.717) is 18.8 Å². The molecule has 0 aromatic rings. The third-order valence-electron chi connectivity index (χ3n) is 4.61. The predicted molar refractivity (Wildman–Crippen MR) is 57.6 cm³/mol. The summed E-state index contributed by atoms with van der Waals surface area (Å²) in [5, 5.41) is 4.81. The van der Waals surface area contributed by atoms with Crippen LogP contribution in [0.2, 0.25) is 0 Å². The first kappa shape index (κ1) is 12.0. The number of carbonyl (C=O) groups excluding carboxylic acids is 1. The van der Waals surface area contributed by atoms with Crippen LogP contribution in [-0.4, -0.2) is 20.8 Å². The molecule has 0 radical (unpaired) electrons. The van der Waals surface area contributed by atoms with Crippen molar-refractivity contribution in [2.45, 2.75) is 33.1 Å². The zero-order chi connectivity index (χ0) is 12.2. The highest BCUT2D eigenvalue weighted by Crippen LogP contribution is 2.63. The first-order chi connectivity index (χ1) is 7.19. The zero-order valence-corrected chi connectivity index (χ0v) is 10.3. The minimum Gasteiger partial charge on any atom is -0.299 e. The molecule has 0 aromatic heterocycles. The van der Waals surface area contributed by atoms with Crippen molar-refractivity contribution >= 4 is 16.1 Å². The highest BCUT2D eigenvalue weighted by molar-refractivity contribution is 7.84. The molecular formula is C10H17NO4S. The van der Waals surface area contributed by atoms with E-state index in [9.17, 15) is 13.2 Å². The van der Waals surface area contributed by atoms with Crippen molar-refractivity contribution in [2.75, 3.05) is 6.61 Å². The molecule has 2 saturated carbocycles. The van der Waals surface area contributed by atoms with Crippen LogP contribution in [0.4, 0.5) is 0 Å². The molecule has 6 heteroatoms. The maximum atomic E-state index is 12.0. The van der Waals surface area contributed by atoms with Crippen molar-refractivity contribution in [1.29, 1.82) is 0 Å². The minimum atomic E-state index is -3.97. The van der Waals surface area contributed by atoms with E-state index in [1.807, 2.05) is 13.8 Å². The number of hydrogen-bond donors (Lipinski definition) is 1. The molecule has 2 aliphatic rings. The molecule has 16 heavy (non-hydrogen) atoms. The standard InChI is InChI=1S/C10H17NO4S/c1-9(2)7-3-4-10(9,8(12)5-7)6-15-16(11,13)14/h7H,3-6H2,1-2H3,(H2,11,13,14). The van der Waals surface area contributed by atoms with Crippen molar-refractivity contribution < 1.29 is 17.4 Å². The number of hydrogen-bond acceptors (Lipinski definition) is 4. The van der Waals surface area contributed by atoms with Crippen molar-refractivity contribution in [2.24, 2.45) is 21.9 Å². The van der Waals surface area contributed by atoms with Crippen LogP contribution in [0.15, 0.2) is 0 Å². The van der Waals surface area contributed by atoms with Gasteiger partial charge in [-0.1, -0.05) is 13.8 Å². The van der Waals surface area contributed by atoms with Crippen molar-refractivity contribution in [3.63, 3.8) is 0 Å². The molecule has 0 heterocycles. The third kappa shape index (κ3) is 1.51. The van der Waals surface area contributed by atoms with E-state index < -0.39 is 15.7 Å². The molecule has 0 aliphatic heterocycles. The number of nitrogens with two attached hydrogens (primary N) is 1. The molecule has 2 N–H and O–H groups in total. The molecule has 0 aromatic carbocycles. The fourth-order valence-corrected chi connectivity index (χ4v) is 3.66. The fourth-order valence-electron chi connectivity index (χ4n) is 3.29. The van der Waals surface area contributed by atoms with Gasteiger partial charge in [-0.05, 0) is 24.2 Å². The molecule has 2 aliphatic carbocycles. The van der Waals surface area contributed by atoms with Gasteiger partial charge in [-0.25, -0.2) is 5.14 Å². The van der Waals surface area contributed by atoms with Gasteiger partial charge in [0.25, 0.3) is 0 Å². The van der Waals surface area contributed by atoms with Crippen LogP contribution in [-0.2, 0) is 19.3 Å². The van der Waals surface area contributed by atoms with E-state index in [1.54, 1.807) is 0 Å². The topological polar surface area (TPSA) is 86.5 Å². The van der Waals surface area contributed by atoms with Crippen LogP contribution in [0.3, 0.4) is 0 Å². The van der Waals surface area contributed by atoms with Gasteiger partial charge in [-0.15, -0.1) is 0 Å². The Hall–Kier alpha value is -0.460. The van der Waals surface area contributed by atoms with Gasteiger partial charge in [0, 0.05) is 6.42 Å². The molecule has 92 valence electrons. The van der Waals surface area contributed by atoms with Gasteiger partial charge in [-0.2, -0.15) is 8.42 Å². The summed E-state index contributed by atoms with van der Waals surface area (Å²) < 4.78 is 26.3. The monoisotopic (exact) mass is 247 g/mol. The van der Waals surface area contributed by atoms with Gasteiger partial charge < -0.3 is 0 Å². The molecule has 2 rings (SSSR count). The maximum absolute atomic E-state index is 12.0. The molecule has 0 amide bonds. The van der Waals surface area contributed by atoms with E-state index >= 15 is 0 Å². The van der Waals surface area contributed by atoms with Crippen LogP contribution in [0.1, 0.15) is 33.1 Å². The summed E-state index contributed by atoms with van der Waals surface area (Å²) in [6.07, 6.45) is 2.21. The summed E-state index contributed by atoms with van der Waals surface area (Å²) in [7, 11) is -3.97. The number of carbonyl (C=O) groups is 1. The summed E-state index contributed by atoms with van der Waals surface area (Å²) in [6, 6.07) is 0. The van der Waals surface area contributed by atoms with Crippen LogP contribution < -0.4 is 5.14 Å². The Morgan fingerprint density at radius 1 is 1.50 bits per heavy atom. The summed E-state index contributed by atoms with van der Waals surface area (Å²) in [5.74, 6) is 0.474. The second-order valence-corrected chi connectivity index (χ2v) is 6.64. The highest BCUT2D eigenvalue weighted by Gasteiger charge is 2.64. The molecule has 2 fully saturated rings. The maximum Gasteiger partial charge on any atom is 0.333 e. The summed E-state index contributed by atoms with van der Waals surface area (Å²) in [6.45, 7) is 3.93. The number of Topliss-reactive ketones (excluding diaryl/α,β-unsaturated/α-hetero) is 1. The molecule has 2 atom stereocenters.